The predicted molar refractivity (Wildman–Crippen MR) is 181 cm³/mol. The highest BCUT2D eigenvalue weighted by Crippen LogP contribution is 2.57. The van der Waals surface area contributed by atoms with E-state index >= 15 is 0 Å². The third kappa shape index (κ3) is 5.88. The van der Waals surface area contributed by atoms with Crippen molar-refractivity contribution in [1.82, 2.24) is 9.80 Å². The molecule has 3 aromatic rings. The van der Waals surface area contributed by atoms with Gasteiger partial charge in [0, 0.05) is 31.1 Å². The van der Waals surface area contributed by atoms with Crippen LogP contribution in [-0.2, 0) is 30.4 Å². The lowest BCUT2D eigenvalue weighted by Gasteiger charge is -2.53. The molecule has 0 spiro atoms. The van der Waals surface area contributed by atoms with E-state index < -0.39 is 17.4 Å². The van der Waals surface area contributed by atoms with Crippen LogP contribution in [0.4, 0.5) is 0 Å². The zero-order chi connectivity index (χ0) is 32.7. The van der Waals surface area contributed by atoms with Crippen molar-refractivity contribution in [3.8, 4) is 0 Å². The maximum Gasteiger partial charge on any atom is 0.320 e. The highest BCUT2D eigenvalue weighted by atomic mass is 16.5. The molecule has 4 atom stereocenters. The van der Waals surface area contributed by atoms with E-state index in [1.54, 1.807) is 0 Å². The molecule has 7 nitrogen and oxygen atoms in total. The zero-order valence-corrected chi connectivity index (χ0v) is 27.8. The molecule has 7 heteroatoms. The molecule has 47 heavy (non-hydrogen) atoms. The third-order valence-electron chi connectivity index (χ3n) is 11.0. The number of ether oxygens (including phenoxy) is 2. The van der Waals surface area contributed by atoms with Gasteiger partial charge in [-0.15, -0.1) is 0 Å². The van der Waals surface area contributed by atoms with Crippen molar-refractivity contribution in [2.45, 2.75) is 77.0 Å². The number of hydrogen-bond acceptors (Lipinski definition) is 5. The van der Waals surface area contributed by atoms with Crippen LogP contribution in [0.2, 0.25) is 0 Å². The van der Waals surface area contributed by atoms with E-state index in [1.807, 2.05) is 40.1 Å². The number of amides is 2. The zero-order valence-electron chi connectivity index (χ0n) is 27.8. The molecule has 3 heterocycles. The summed E-state index contributed by atoms with van der Waals surface area (Å²) < 4.78 is 12.4. The van der Waals surface area contributed by atoms with Crippen molar-refractivity contribution < 1.29 is 23.9 Å². The Hall–Kier alpha value is -3.97. The Kier molecular flexibility index (Phi) is 8.69. The monoisotopic (exact) mass is 634 g/mol. The van der Waals surface area contributed by atoms with Crippen LogP contribution in [0.25, 0.3) is 10.8 Å². The molecule has 246 valence electrons. The van der Waals surface area contributed by atoms with Gasteiger partial charge in [-0.25, -0.2) is 0 Å². The number of likely N-dealkylation sites (tertiary alicyclic amines) is 2. The van der Waals surface area contributed by atoms with E-state index in [4.69, 9.17) is 9.47 Å². The molecule has 7 rings (SSSR count). The second-order valence-corrected chi connectivity index (χ2v) is 14.4. The maximum absolute atomic E-state index is 14.7. The number of fused-ring (bicyclic) bond motifs is 2. The molecular weight excluding hydrogens is 588 g/mol. The largest absolute Gasteiger partial charge is 0.468 e. The Balaban J connectivity index is 1.24. The number of methoxy groups -OCH3 is 1. The molecule has 2 amide bonds. The lowest BCUT2D eigenvalue weighted by Crippen LogP contribution is -2.61. The van der Waals surface area contributed by atoms with Gasteiger partial charge in [-0.05, 0) is 77.8 Å². The minimum atomic E-state index is -1.16. The molecule has 0 aromatic heterocycles. The Labute approximate surface area is 277 Å². The SMILES string of the molecule is COC(=O)[C@]12C[C@H](CC(=O)N3CCC(c4ccccc4)CC3)C(=O)N(Cc3cccc4ccccc34)C1=C[C@H](C(C)C)O[C@@H]2C1CC1. The van der Waals surface area contributed by atoms with Crippen LogP contribution >= 0.6 is 0 Å². The van der Waals surface area contributed by atoms with E-state index in [-0.39, 0.29) is 48.6 Å². The number of rotatable bonds is 8. The van der Waals surface area contributed by atoms with E-state index in [1.165, 1.54) is 12.7 Å². The number of carbonyl (C=O) groups is 3. The highest BCUT2D eigenvalue weighted by Gasteiger charge is 2.64. The first-order chi connectivity index (χ1) is 22.8. The molecule has 3 aromatic carbocycles. The lowest BCUT2D eigenvalue weighted by atomic mass is 9.64. The Morgan fingerprint density at radius 3 is 2.34 bits per heavy atom. The second-order valence-electron chi connectivity index (χ2n) is 14.4. The normalized spacial score (nSPS) is 26.7. The highest BCUT2D eigenvalue weighted by molar-refractivity contribution is 5.93. The van der Waals surface area contributed by atoms with Crippen molar-refractivity contribution in [3.05, 3.63) is 95.7 Å². The molecule has 3 fully saturated rings. The van der Waals surface area contributed by atoms with Crippen LogP contribution < -0.4 is 0 Å². The first kappa shape index (κ1) is 31.6. The van der Waals surface area contributed by atoms with Gasteiger partial charge in [0.2, 0.25) is 11.8 Å². The second kappa shape index (κ2) is 12.9. The summed E-state index contributed by atoms with van der Waals surface area (Å²) in [4.78, 5) is 46.6. The Bertz CT molecular complexity index is 1670. The van der Waals surface area contributed by atoms with Gasteiger partial charge in [0.1, 0.15) is 5.41 Å². The minimum absolute atomic E-state index is 0.0211. The van der Waals surface area contributed by atoms with Crippen LogP contribution in [-0.4, -0.2) is 60.0 Å². The van der Waals surface area contributed by atoms with Crippen LogP contribution in [0.5, 0.6) is 0 Å². The van der Waals surface area contributed by atoms with Gasteiger partial charge in [0.05, 0.1) is 25.9 Å². The Morgan fingerprint density at radius 1 is 0.936 bits per heavy atom. The molecular formula is C40H46N2O5. The molecule has 0 bridgehead atoms. The number of piperidine rings is 2. The molecule has 0 radical (unpaired) electrons. The summed E-state index contributed by atoms with van der Waals surface area (Å²) in [6.45, 7) is 5.85. The third-order valence-corrected chi connectivity index (χ3v) is 11.0. The number of hydrogen-bond donors (Lipinski definition) is 0. The van der Waals surface area contributed by atoms with Crippen molar-refractivity contribution in [3.63, 3.8) is 0 Å². The van der Waals surface area contributed by atoms with Crippen molar-refractivity contribution in [1.29, 1.82) is 0 Å². The molecule has 0 N–H and O–H groups in total. The van der Waals surface area contributed by atoms with Crippen molar-refractivity contribution in [2.24, 2.45) is 23.2 Å². The van der Waals surface area contributed by atoms with Gasteiger partial charge in [0.25, 0.3) is 0 Å². The lowest BCUT2D eigenvalue weighted by molar-refractivity contribution is -0.182. The number of esters is 1. The summed E-state index contributed by atoms with van der Waals surface area (Å²) in [5, 5.41) is 2.16. The van der Waals surface area contributed by atoms with Gasteiger partial charge in [0.15, 0.2) is 0 Å². The van der Waals surface area contributed by atoms with Gasteiger partial charge < -0.3 is 19.3 Å². The minimum Gasteiger partial charge on any atom is -0.468 e. The van der Waals surface area contributed by atoms with Gasteiger partial charge in [-0.3, -0.25) is 14.4 Å². The van der Waals surface area contributed by atoms with E-state index in [9.17, 15) is 14.4 Å². The molecule has 4 aliphatic rings. The van der Waals surface area contributed by atoms with Gasteiger partial charge >= 0.3 is 5.97 Å². The smallest absolute Gasteiger partial charge is 0.320 e. The fourth-order valence-electron chi connectivity index (χ4n) is 8.34. The number of nitrogens with zero attached hydrogens (tertiary/aromatic N) is 2. The Morgan fingerprint density at radius 2 is 1.64 bits per heavy atom. The van der Waals surface area contributed by atoms with Gasteiger partial charge in [-0.2, -0.15) is 0 Å². The van der Waals surface area contributed by atoms with E-state index in [0.717, 1.165) is 42.0 Å². The summed E-state index contributed by atoms with van der Waals surface area (Å²) in [5.41, 5.74) is 1.84. The molecule has 0 unspecified atom stereocenters. The summed E-state index contributed by atoms with van der Waals surface area (Å²) in [7, 11) is 1.43. The molecule has 1 saturated carbocycles. The van der Waals surface area contributed by atoms with Crippen LogP contribution in [0.15, 0.2) is 84.6 Å². The predicted octanol–water partition coefficient (Wildman–Crippen LogP) is 6.86. The van der Waals surface area contributed by atoms with Crippen molar-refractivity contribution in [2.75, 3.05) is 20.2 Å². The summed E-state index contributed by atoms with van der Waals surface area (Å²) in [5.74, 6) is -0.370. The van der Waals surface area contributed by atoms with Crippen LogP contribution in [0.3, 0.4) is 0 Å². The van der Waals surface area contributed by atoms with Crippen LogP contribution in [0.1, 0.15) is 69.4 Å². The quantitative estimate of drug-likeness (QED) is 0.253. The molecule has 3 aliphatic heterocycles. The first-order valence-corrected chi connectivity index (χ1v) is 17.4. The average Bonchev–Trinajstić information content (AvgIpc) is 3.95. The van der Waals surface area contributed by atoms with Gasteiger partial charge in [-0.1, -0.05) is 86.6 Å². The first-order valence-electron chi connectivity index (χ1n) is 17.4. The average molecular weight is 635 g/mol. The summed E-state index contributed by atoms with van der Waals surface area (Å²) >= 11 is 0. The number of benzene rings is 3. The molecule has 2 saturated heterocycles. The topological polar surface area (TPSA) is 76.2 Å². The standard InChI is InChI=1S/C40H46N2O5/c1-26(2)34-23-35-40(39(45)46-3,37(47-34)30-16-17-30)24-32(22-36(43)41-20-18-28(19-21-41)27-10-5-4-6-11-27)38(44)42(35)25-31-14-9-13-29-12-7-8-15-33(29)31/h4-15,23,26,28,30,32,34,37H,16-22,24-25H2,1-3H3/t32-,34+,37+,40+/m0/s1. The fraction of sp³-hybridized carbons (Fsp3) is 0.475. The molecule has 1 aliphatic carbocycles. The summed E-state index contributed by atoms with van der Waals surface area (Å²) in [6, 6.07) is 24.8. The maximum atomic E-state index is 14.7. The van der Waals surface area contributed by atoms with E-state index in [0.29, 0.717) is 31.2 Å². The number of carbonyl (C=O) groups excluding carboxylic acids is 3. The summed E-state index contributed by atoms with van der Waals surface area (Å²) in [6.07, 6.45) is 5.38. The van der Waals surface area contributed by atoms with Crippen LogP contribution in [0, 0.1) is 23.2 Å². The van der Waals surface area contributed by atoms with Crippen molar-refractivity contribution >= 4 is 28.6 Å². The van der Waals surface area contributed by atoms with E-state index in [2.05, 4.69) is 62.4 Å². The fourth-order valence-corrected chi connectivity index (χ4v) is 8.34.